The van der Waals surface area contributed by atoms with Crippen molar-refractivity contribution in [2.45, 2.75) is 6.42 Å². The first kappa shape index (κ1) is 16.0. The third kappa shape index (κ3) is 3.23. The summed E-state index contributed by atoms with van der Waals surface area (Å²) in [6, 6.07) is 10.1. The van der Waals surface area contributed by atoms with Crippen molar-refractivity contribution in [2.75, 3.05) is 5.32 Å². The molecule has 24 heavy (non-hydrogen) atoms. The maximum absolute atomic E-state index is 12.9. The number of carbonyl (C=O) groups is 2. The van der Waals surface area contributed by atoms with Gasteiger partial charge in [0, 0.05) is 21.6 Å². The summed E-state index contributed by atoms with van der Waals surface area (Å²) in [6.45, 7) is 0. The van der Waals surface area contributed by atoms with Crippen molar-refractivity contribution in [3.05, 3.63) is 64.6 Å². The van der Waals surface area contributed by atoms with Gasteiger partial charge in [-0.15, -0.1) is 0 Å². The van der Waals surface area contributed by atoms with E-state index in [4.69, 9.17) is 11.6 Å². The molecule has 0 saturated carbocycles. The molecular formula is C17H11ClFN2O3-. The molecule has 0 spiro atoms. The number of hydrogen-bond donors (Lipinski definition) is 2. The summed E-state index contributed by atoms with van der Waals surface area (Å²) in [5.41, 5.74) is 1.08. The van der Waals surface area contributed by atoms with Gasteiger partial charge in [-0.25, -0.2) is 4.39 Å². The summed E-state index contributed by atoms with van der Waals surface area (Å²) in [7, 11) is 0. The van der Waals surface area contributed by atoms with Crippen molar-refractivity contribution >= 4 is 40.1 Å². The van der Waals surface area contributed by atoms with Crippen molar-refractivity contribution < 1.29 is 19.1 Å². The fourth-order valence-electron chi connectivity index (χ4n) is 2.48. The Balaban J connectivity index is 1.91. The number of rotatable bonds is 4. The second-order valence-electron chi connectivity index (χ2n) is 5.19. The number of aromatic amines is 1. The van der Waals surface area contributed by atoms with Gasteiger partial charge in [0.1, 0.15) is 5.82 Å². The quantitative estimate of drug-likeness (QED) is 0.762. The lowest BCUT2D eigenvalue weighted by Crippen LogP contribution is -2.25. The summed E-state index contributed by atoms with van der Waals surface area (Å²) in [6.07, 6.45) is -0.193. The maximum atomic E-state index is 12.9. The number of H-pyrrole nitrogens is 1. The largest absolute Gasteiger partial charge is 0.543 e. The first-order valence-corrected chi connectivity index (χ1v) is 7.38. The van der Waals surface area contributed by atoms with E-state index < -0.39 is 17.7 Å². The number of fused-ring (bicyclic) bond motifs is 1. The van der Waals surface area contributed by atoms with Gasteiger partial charge in [-0.2, -0.15) is 0 Å². The zero-order valence-electron chi connectivity index (χ0n) is 12.2. The molecule has 3 rings (SSSR count). The number of anilines is 1. The molecule has 0 fully saturated rings. The van der Waals surface area contributed by atoms with Gasteiger partial charge < -0.3 is 20.2 Å². The normalized spacial score (nSPS) is 10.8. The highest BCUT2D eigenvalue weighted by Crippen LogP contribution is 2.26. The van der Waals surface area contributed by atoms with Crippen LogP contribution in [0.25, 0.3) is 10.9 Å². The highest BCUT2D eigenvalue weighted by molar-refractivity contribution is 6.31. The van der Waals surface area contributed by atoms with Crippen LogP contribution < -0.4 is 10.4 Å². The molecule has 1 amide bonds. The monoisotopic (exact) mass is 345 g/mol. The van der Waals surface area contributed by atoms with Crippen LogP contribution in [-0.4, -0.2) is 16.9 Å². The average Bonchev–Trinajstić information content (AvgIpc) is 2.88. The highest BCUT2D eigenvalue weighted by Gasteiger charge is 2.16. The van der Waals surface area contributed by atoms with Crippen LogP contribution in [0.1, 0.15) is 16.1 Å². The summed E-state index contributed by atoms with van der Waals surface area (Å²) >= 11 is 5.95. The number of aromatic nitrogens is 1. The molecule has 0 aliphatic carbocycles. The predicted molar refractivity (Wildman–Crippen MR) is 86.4 cm³/mol. The van der Waals surface area contributed by atoms with Crippen molar-refractivity contribution in [1.29, 1.82) is 0 Å². The topological polar surface area (TPSA) is 85.0 Å². The SMILES string of the molecule is O=C(Cc1c(C(=O)[O-])[nH]c2ccc(Cl)cc12)Nc1ccc(F)cc1. The first-order valence-electron chi connectivity index (χ1n) is 7.01. The molecule has 1 heterocycles. The smallest absolute Gasteiger partial charge is 0.228 e. The Bertz CT molecular complexity index is 935. The summed E-state index contributed by atoms with van der Waals surface area (Å²) in [5, 5.41) is 14.9. The molecule has 2 N–H and O–H groups in total. The van der Waals surface area contributed by atoms with E-state index in [2.05, 4.69) is 10.3 Å². The van der Waals surface area contributed by atoms with E-state index in [0.29, 0.717) is 21.6 Å². The third-order valence-electron chi connectivity index (χ3n) is 3.54. The van der Waals surface area contributed by atoms with Gasteiger partial charge in [0.2, 0.25) is 5.91 Å². The Morgan fingerprint density at radius 2 is 1.88 bits per heavy atom. The minimum atomic E-state index is -1.41. The molecular weight excluding hydrogens is 335 g/mol. The van der Waals surface area contributed by atoms with Gasteiger partial charge in [-0.05, 0) is 48.0 Å². The van der Waals surface area contributed by atoms with Crippen molar-refractivity contribution in [3.63, 3.8) is 0 Å². The van der Waals surface area contributed by atoms with Crippen LogP contribution >= 0.6 is 11.6 Å². The number of nitrogens with one attached hydrogen (secondary N) is 2. The van der Waals surface area contributed by atoms with E-state index in [1.54, 1.807) is 18.2 Å². The average molecular weight is 346 g/mol. The molecule has 0 saturated heterocycles. The molecule has 0 radical (unpaired) electrons. The Kier molecular flexibility index (Phi) is 4.22. The van der Waals surface area contributed by atoms with Crippen LogP contribution in [0.4, 0.5) is 10.1 Å². The van der Waals surface area contributed by atoms with Crippen LogP contribution in [0.3, 0.4) is 0 Å². The van der Waals surface area contributed by atoms with Gasteiger partial charge in [0.25, 0.3) is 0 Å². The highest BCUT2D eigenvalue weighted by atomic mass is 35.5. The number of carbonyl (C=O) groups excluding carboxylic acids is 2. The van der Waals surface area contributed by atoms with Crippen LogP contribution in [-0.2, 0) is 11.2 Å². The number of aromatic carboxylic acids is 1. The fourth-order valence-corrected chi connectivity index (χ4v) is 2.65. The van der Waals surface area contributed by atoms with Crippen molar-refractivity contribution in [3.8, 4) is 0 Å². The van der Waals surface area contributed by atoms with Gasteiger partial charge in [-0.1, -0.05) is 11.6 Å². The van der Waals surface area contributed by atoms with Gasteiger partial charge in [-0.3, -0.25) is 4.79 Å². The molecule has 0 atom stereocenters. The number of amides is 1. The molecule has 0 aliphatic heterocycles. The summed E-state index contributed by atoms with van der Waals surface area (Å²) in [5.74, 6) is -2.27. The molecule has 5 nitrogen and oxygen atoms in total. The first-order chi connectivity index (χ1) is 11.4. The minimum Gasteiger partial charge on any atom is -0.543 e. The number of carboxylic acids is 1. The Labute approximate surface area is 141 Å². The van der Waals surface area contributed by atoms with E-state index in [1.165, 1.54) is 24.3 Å². The zero-order chi connectivity index (χ0) is 17.3. The molecule has 1 aromatic heterocycles. The Hall–Kier alpha value is -2.86. The van der Waals surface area contributed by atoms with Crippen molar-refractivity contribution in [1.82, 2.24) is 4.98 Å². The van der Waals surface area contributed by atoms with Gasteiger partial charge >= 0.3 is 0 Å². The molecule has 7 heteroatoms. The lowest BCUT2D eigenvalue weighted by atomic mass is 10.1. The molecule has 122 valence electrons. The van der Waals surface area contributed by atoms with Crippen LogP contribution in [0.15, 0.2) is 42.5 Å². The summed E-state index contributed by atoms with van der Waals surface area (Å²) < 4.78 is 12.9. The molecule has 3 aromatic rings. The van der Waals surface area contributed by atoms with Gasteiger partial charge in [0.05, 0.1) is 18.1 Å². The van der Waals surface area contributed by atoms with Crippen LogP contribution in [0.2, 0.25) is 5.02 Å². The zero-order valence-corrected chi connectivity index (χ0v) is 13.0. The molecule has 0 aliphatic rings. The summed E-state index contributed by atoms with van der Waals surface area (Å²) in [4.78, 5) is 26.2. The van der Waals surface area contributed by atoms with E-state index in [1.807, 2.05) is 0 Å². The Morgan fingerprint density at radius 1 is 1.17 bits per heavy atom. The standard InChI is InChI=1S/C17H12ClFN2O3/c18-9-1-6-14-12(7-9)13(16(21-14)17(23)24)8-15(22)20-11-4-2-10(19)3-5-11/h1-7,21H,8H2,(H,20,22)(H,23,24)/p-1. The number of hydrogen-bond acceptors (Lipinski definition) is 3. The second-order valence-corrected chi connectivity index (χ2v) is 5.62. The van der Waals surface area contributed by atoms with Gasteiger partial charge in [0.15, 0.2) is 0 Å². The van der Waals surface area contributed by atoms with Crippen molar-refractivity contribution in [2.24, 2.45) is 0 Å². The number of carboxylic acid groups (broad SMARTS) is 1. The Morgan fingerprint density at radius 3 is 2.54 bits per heavy atom. The van der Waals surface area contributed by atoms with Crippen LogP contribution in [0.5, 0.6) is 0 Å². The number of benzene rings is 2. The number of halogens is 2. The lowest BCUT2D eigenvalue weighted by molar-refractivity contribution is -0.255. The molecule has 2 aromatic carbocycles. The molecule has 0 bridgehead atoms. The predicted octanol–water partition coefficient (Wildman–Crippen LogP) is 2.51. The van der Waals surface area contributed by atoms with E-state index >= 15 is 0 Å². The van der Waals surface area contributed by atoms with E-state index in [9.17, 15) is 19.1 Å². The second kappa shape index (κ2) is 6.33. The van der Waals surface area contributed by atoms with Crippen LogP contribution in [0, 0.1) is 5.82 Å². The fraction of sp³-hybridized carbons (Fsp3) is 0.0588. The minimum absolute atomic E-state index is 0.165. The van der Waals surface area contributed by atoms with E-state index in [0.717, 1.165) is 0 Å². The third-order valence-corrected chi connectivity index (χ3v) is 3.77. The lowest BCUT2D eigenvalue weighted by Gasteiger charge is -2.07. The molecule has 0 unspecified atom stereocenters. The van der Waals surface area contributed by atoms with E-state index in [-0.39, 0.29) is 17.7 Å². The maximum Gasteiger partial charge on any atom is 0.228 e.